The van der Waals surface area contributed by atoms with Crippen molar-refractivity contribution in [2.45, 2.75) is 23.8 Å². The van der Waals surface area contributed by atoms with Crippen LogP contribution in [-0.2, 0) is 10.0 Å². The maximum absolute atomic E-state index is 12.9. The molecule has 0 saturated carbocycles. The van der Waals surface area contributed by atoms with Crippen LogP contribution in [0.5, 0.6) is 0 Å². The Balaban J connectivity index is 1.59. The predicted molar refractivity (Wildman–Crippen MR) is 87.7 cm³/mol. The fraction of sp³-hybridized carbons (Fsp3) is 0.312. The molecule has 0 bridgehead atoms. The first-order valence-electron chi connectivity index (χ1n) is 7.79. The summed E-state index contributed by atoms with van der Waals surface area (Å²) in [6, 6.07) is 4.39. The van der Waals surface area contributed by atoms with Gasteiger partial charge in [-0.15, -0.1) is 0 Å². The summed E-state index contributed by atoms with van der Waals surface area (Å²) >= 11 is 0. The lowest BCUT2D eigenvalue weighted by Crippen LogP contribution is -2.46. The average molecular weight is 364 g/mol. The van der Waals surface area contributed by atoms with Gasteiger partial charge in [-0.2, -0.15) is 0 Å². The Morgan fingerprint density at radius 2 is 1.84 bits per heavy atom. The number of aromatic nitrogens is 2. The Labute approximate surface area is 145 Å². The van der Waals surface area contributed by atoms with Crippen molar-refractivity contribution in [2.24, 2.45) is 0 Å². The third-order valence-corrected chi connectivity index (χ3v) is 5.55. The summed E-state index contributed by atoms with van der Waals surface area (Å²) in [5.41, 5.74) is 0.271. The number of amides is 1. The van der Waals surface area contributed by atoms with E-state index >= 15 is 0 Å². The van der Waals surface area contributed by atoms with Crippen molar-refractivity contribution in [3.05, 3.63) is 54.4 Å². The average Bonchev–Trinajstić information content (AvgIpc) is 2.62. The number of nitrogens with zero attached hydrogens (tertiary/aromatic N) is 3. The lowest BCUT2D eigenvalue weighted by atomic mass is 10.1. The predicted octanol–water partition coefficient (Wildman–Crippen LogP) is 1.20. The molecule has 0 spiro atoms. The van der Waals surface area contributed by atoms with E-state index < -0.39 is 15.8 Å². The van der Waals surface area contributed by atoms with Gasteiger partial charge in [-0.3, -0.25) is 9.78 Å². The molecule has 1 N–H and O–H groups in total. The summed E-state index contributed by atoms with van der Waals surface area (Å²) in [6.45, 7) is 0.845. The number of sulfonamides is 1. The number of benzene rings is 1. The number of carbonyl (C=O) groups excluding carboxylic acids is 1. The molecule has 7 nitrogen and oxygen atoms in total. The number of carbonyl (C=O) groups is 1. The van der Waals surface area contributed by atoms with E-state index in [9.17, 15) is 17.6 Å². The first kappa shape index (κ1) is 17.4. The topological polar surface area (TPSA) is 92.3 Å². The second-order valence-electron chi connectivity index (χ2n) is 5.73. The Morgan fingerprint density at radius 1 is 1.16 bits per heavy atom. The van der Waals surface area contributed by atoms with Gasteiger partial charge in [0.2, 0.25) is 10.0 Å². The second kappa shape index (κ2) is 7.24. The molecule has 2 aromatic rings. The molecule has 0 atom stereocenters. The van der Waals surface area contributed by atoms with Crippen molar-refractivity contribution in [1.82, 2.24) is 19.6 Å². The van der Waals surface area contributed by atoms with E-state index in [4.69, 9.17) is 0 Å². The number of hydrogen-bond acceptors (Lipinski definition) is 5. The summed E-state index contributed by atoms with van der Waals surface area (Å²) in [5, 5.41) is 0. The van der Waals surface area contributed by atoms with Crippen molar-refractivity contribution >= 4 is 15.9 Å². The molecule has 1 saturated heterocycles. The molecule has 1 fully saturated rings. The molecule has 0 radical (unpaired) electrons. The number of hydrogen-bond donors (Lipinski definition) is 1. The highest BCUT2D eigenvalue weighted by Crippen LogP contribution is 2.16. The fourth-order valence-corrected chi connectivity index (χ4v) is 3.98. The van der Waals surface area contributed by atoms with Gasteiger partial charge in [0, 0.05) is 31.5 Å². The van der Waals surface area contributed by atoms with Gasteiger partial charge in [0.25, 0.3) is 5.91 Å². The fourth-order valence-electron chi connectivity index (χ4n) is 2.67. The van der Waals surface area contributed by atoms with E-state index in [-0.39, 0.29) is 22.5 Å². The van der Waals surface area contributed by atoms with Gasteiger partial charge >= 0.3 is 0 Å². The molecule has 9 heteroatoms. The Morgan fingerprint density at radius 3 is 2.44 bits per heavy atom. The third kappa shape index (κ3) is 4.18. The summed E-state index contributed by atoms with van der Waals surface area (Å²) in [4.78, 5) is 21.8. The largest absolute Gasteiger partial charge is 0.337 e. The molecular weight excluding hydrogens is 347 g/mol. The molecule has 2 heterocycles. The molecule has 1 aliphatic rings. The van der Waals surface area contributed by atoms with E-state index in [0.717, 1.165) is 12.1 Å². The summed E-state index contributed by atoms with van der Waals surface area (Å²) in [7, 11) is -3.71. The van der Waals surface area contributed by atoms with Gasteiger partial charge in [-0.1, -0.05) is 0 Å². The molecule has 25 heavy (non-hydrogen) atoms. The van der Waals surface area contributed by atoms with Crippen molar-refractivity contribution in [3.8, 4) is 0 Å². The Bertz CT molecular complexity index is 835. The monoisotopic (exact) mass is 364 g/mol. The summed E-state index contributed by atoms with van der Waals surface area (Å²) in [5.74, 6) is -0.706. The zero-order chi connectivity index (χ0) is 17.9. The van der Waals surface area contributed by atoms with Gasteiger partial charge < -0.3 is 4.90 Å². The zero-order valence-corrected chi connectivity index (χ0v) is 14.1. The molecular formula is C16H17FN4O3S. The van der Waals surface area contributed by atoms with Crippen LogP contribution in [0.2, 0.25) is 0 Å². The van der Waals surface area contributed by atoms with Crippen LogP contribution in [0.25, 0.3) is 0 Å². The van der Waals surface area contributed by atoms with Gasteiger partial charge in [-0.05, 0) is 37.1 Å². The zero-order valence-electron chi connectivity index (χ0n) is 13.3. The molecule has 0 unspecified atom stereocenters. The maximum Gasteiger partial charge on any atom is 0.274 e. The van der Waals surface area contributed by atoms with E-state index in [1.54, 1.807) is 4.90 Å². The van der Waals surface area contributed by atoms with Crippen molar-refractivity contribution in [3.63, 3.8) is 0 Å². The van der Waals surface area contributed by atoms with Crippen LogP contribution in [0.4, 0.5) is 4.39 Å². The van der Waals surface area contributed by atoms with E-state index in [0.29, 0.717) is 25.9 Å². The van der Waals surface area contributed by atoms with Gasteiger partial charge in [0.15, 0.2) is 0 Å². The number of piperidine rings is 1. The lowest BCUT2D eigenvalue weighted by molar-refractivity contribution is 0.0705. The first-order valence-corrected chi connectivity index (χ1v) is 9.27. The Hall–Kier alpha value is -2.39. The molecule has 0 aliphatic carbocycles. The molecule has 1 amide bonds. The van der Waals surface area contributed by atoms with Crippen LogP contribution in [0, 0.1) is 5.82 Å². The van der Waals surface area contributed by atoms with E-state index in [2.05, 4.69) is 14.7 Å². The highest BCUT2D eigenvalue weighted by atomic mass is 32.2. The molecule has 3 rings (SSSR count). The van der Waals surface area contributed by atoms with Crippen molar-refractivity contribution < 1.29 is 17.6 Å². The van der Waals surface area contributed by atoms with Crippen LogP contribution in [-0.4, -0.2) is 48.3 Å². The molecule has 1 aliphatic heterocycles. The molecule has 1 aromatic carbocycles. The Kier molecular flexibility index (Phi) is 5.05. The number of nitrogens with one attached hydrogen (secondary N) is 1. The van der Waals surface area contributed by atoms with Crippen LogP contribution < -0.4 is 4.72 Å². The van der Waals surface area contributed by atoms with Crippen LogP contribution in [0.3, 0.4) is 0 Å². The highest BCUT2D eigenvalue weighted by molar-refractivity contribution is 7.89. The van der Waals surface area contributed by atoms with Gasteiger partial charge in [0.05, 0.1) is 11.1 Å². The first-order chi connectivity index (χ1) is 12.0. The standard InChI is InChI=1S/C16H17FN4O3S/c17-12-1-3-14(4-2-12)25(23,24)20-13-5-9-21(10-6-13)16(22)15-11-18-7-8-19-15/h1-4,7-8,11,13,20H,5-6,9-10H2. The van der Waals surface area contributed by atoms with Crippen molar-refractivity contribution in [2.75, 3.05) is 13.1 Å². The minimum atomic E-state index is -3.71. The quantitative estimate of drug-likeness (QED) is 0.880. The molecule has 132 valence electrons. The highest BCUT2D eigenvalue weighted by Gasteiger charge is 2.27. The minimum absolute atomic E-state index is 0.0203. The SMILES string of the molecule is O=C(c1cnccn1)N1CCC(NS(=O)(=O)c2ccc(F)cc2)CC1. The van der Waals surface area contributed by atoms with Crippen LogP contribution >= 0.6 is 0 Å². The number of halogens is 1. The smallest absolute Gasteiger partial charge is 0.274 e. The normalized spacial score (nSPS) is 16.0. The van der Waals surface area contributed by atoms with Gasteiger partial charge in [0.1, 0.15) is 11.5 Å². The lowest BCUT2D eigenvalue weighted by Gasteiger charge is -2.32. The van der Waals surface area contributed by atoms with Crippen LogP contribution in [0.15, 0.2) is 47.8 Å². The maximum atomic E-state index is 12.9. The second-order valence-corrected chi connectivity index (χ2v) is 7.45. The number of rotatable bonds is 4. The van der Waals surface area contributed by atoms with E-state index in [1.807, 2.05) is 0 Å². The minimum Gasteiger partial charge on any atom is -0.337 e. The third-order valence-electron chi connectivity index (χ3n) is 4.01. The molecule has 1 aromatic heterocycles. The van der Waals surface area contributed by atoms with Gasteiger partial charge in [-0.25, -0.2) is 22.5 Å². The van der Waals surface area contributed by atoms with Crippen molar-refractivity contribution in [1.29, 1.82) is 0 Å². The number of likely N-dealkylation sites (tertiary alicyclic amines) is 1. The summed E-state index contributed by atoms with van der Waals surface area (Å²) in [6.07, 6.45) is 5.34. The van der Waals surface area contributed by atoms with Crippen LogP contribution in [0.1, 0.15) is 23.3 Å². The van der Waals surface area contributed by atoms with E-state index in [1.165, 1.54) is 30.7 Å². The summed E-state index contributed by atoms with van der Waals surface area (Å²) < 4.78 is 40.2.